The summed E-state index contributed by atoms with van der Waals surface area (Å²) in [5.74, 6) is -0.459. The topological polar surface area (TPSA) is 90.7 Å². The molecular weight excluding hydrogens is 461 g/mol. The predicted octanol–water partition coefficient (Wildman–Crippen LogP) is 3.36. The average Bonchev–Trinajstić information content (AvgIpc) is 3.19. The molecule has 0 saturated carbocycles. The Kier molecular flexibility index (Phi) is 7.40. The number of hydrogen-bond donors (Lipinski definition) is 0. The summed E-state index contributed by atoms with van der Waals surface area (Å²) in [6, 6.07) is 10.7. The fourth-order valence-corrected chi connectivity index (χ4v) is 5.23. The number of sulfonamides is 1. The highest BCUT2D eigenvalue weighted by molar-refractivity contribution is 7.89. The van der Waals surface area contributed by atoms with Crippen molar-refractivity contribution >= 4 is 33.1 Å². The van der Waals surface area contributed by atoms with Crippen LogP contribution in [0, 0.1) is 5.82 Å². The number of hydrogen-bond acceptors (Lipinski definition) is 6. The summed E-state index contributed by atoms with van der Waals surface area (Å²) in [5, 5.41) is 0. The molecule has 8 nitrogen and oxygen atoms in total. The number of carbonyl (C=O) groups is 1. The van der Waals surface area contributed by atoms with Crippen LogP contribution in [0.15, 0.2) is 53.4 Å². The number of halogens is 1. The van der Waals surface area contributed by atoms with E-state index >= 15 is 0 Å². The van der Waals surface area contributed by atoms with Crippen molar-refractivity contribution in [3.63, 3.8) is 0 Å². The molecule has 0 spiro atoms. The van der Waals surface area contributed by atoms with Crippen LogP contribution in [0.3, 0.4) is 0 Å². The summed E-state index contributed by atoms with van der Waals surface area (Å²) in [4.78, 5) is 16.9. The highest BCUT2D eigenvalue weighted by Gasteiger charge is 2.27. The zero-order valence-electron chi connectivity index (χ0n) is 18.8. The van der Waals surface area contributed by atoms with Gasteiger partial charge in [-0.25, -0.2) is 22.6 Å². The zero-order valence-corrected chi connectivity index (χ0v) is 19.6. The van der Waals surface area contributed by atoms with Gasteiger partial charge in [0.25, 0.3) is 0 Å². The molecule has 1 aliphatic rings. The van der Waals surface area contributed by atoms with Crippen LogP contribution in [0.5, 0.6) is 0 Å². The van der Waals surface area contributed by atoms with E-state index in [4.69, 9.17) is 9.47 Å². The molecule has 0 bridgehead atoms. The van der Waals surface area contributed by atoms with Crippen LogP contribution >= 0.6 is 0 Å². The minimum absolute atomic E-state index is 0.0768. The van der Waals surface area contributed by atoms with E-state index in [-0.39, 0.29) is 17.3 Å². The smallest absolute Gasteiger partial charge is 0.331 e. The maximum Gasteiger partial charge on any atom is 0.331 e. The SMILES string of the molecule is CCCn1c(COC(=O)/C=C/c2cccc(F)c2)nc2cc(S(=O)(=O)N3CCOCC3)ccc21. The van der Waals surface area contributed by atoms with Gasteiger partial charge < -0.3 is 14.0 Å². The number of nitrogens with zero attached hydrogens (tertiary/aromatic N) is 3. The maximum atomic E-state index is 13.3. The Morgan fingerprint density at radius 3 is 2.74 bits per heavy atom. The number of morpholine rings is 1. The minimum Gasteiger partial charge on any atom is -0.454 e. The second kappa shape index (κ2) is 10.5. The van der Waals surface area contributed by atoms with Gasteiger partial charge in [0.1, 0.15) is 18.2 Å². The first-order chi connectivity index (χ1) is 16.4. The summed E-state index contributed by atoms with van der Waals surface area (Å²) in [5.41, 5.74) is 1.83. The second-order valence-corrected chi connectivity index (χ2v) is 9.78. The Bertz CT molecular complexity index is 1310. The van der Waals surface area contributed by atoms with E-state index in [0.717, 1.165) is 11.9 Å². The molecule has 180 valence electrons. The predicted molar refractivity (Wildman–Crippen MR) is 125 cm³/mol. The molecule has 3 aromatic rings. The van der Waals surface area contributed by atoms with Crippen LogP contribution in [-0.4, -0.2) is 54.5 Å². The third-order valence-electron chi connectivity index (χ3n) is 5.46. The Labute approximate surface area is 197 Å². The summed E-state index contributed by atoms with van der Waals surface area (Å²) >= 11 is 0. The summed E-state index contributed by atoms with van der Waals surface area (Å²) in [7, 11) is -3.65. The second-order valence-electron chi connectivity index (χ2n) is 7.84. The molecule has 2 aromatic carbocycles. The maximum absolute atomic E-state index is 13.3. The Morgan fingerprint density at radius 1 is 1.21 bits per heavy atom. The van der Waals surface area contributed by atoms with Crippen molar-refractivity contribution in [2.75, 3.05) is 26.3 Å². The lowest BCUT2D eigenvalue weighted by Crippen LogP contribution is -2.40. The fraction of sp³-hybridized carbons (Fsp3) is 0.333. The molecule has 1 fully saturated rings. The highest BCUT2D eigenvalue weighted by atomic mass is 32.2. The summed E-state index contributed by atoms with van der Waals surface area (Å²) in [6.45, 7) is 3.95. The number of ether oxygens (including phenoxy) is 2. The largest absolute Gasteiger partial charge is 0.454 e. The van der Waals surface area contributed by atoms with E-state index in [2.05, 4.69) is 4.98 Å². The van der Waals surface area contributed by atoms with Crippen LogP contribution in [0.2, 0.25) is 0 Å². The number of esters is 1. The van der Waals surface area contributed by atoms with Crippen LogP contribution in [0.1, 0.15) is 24.7 Å². The van der Waals surface area contributed by atoms with Crippen molar-refractivity contribution in [1.82, 2.24) is 13.9 Å². The Hall–Kier alpha value is -3.08. The molecule has 1 saturated heterocycles. The molecule has 10 heteroatoms. The van der Waals surface area contributed by atoms with Gasteiger partial charge in [0.2, 0.25) is 10.0 Å². The molecular formula is C24H26FN3O5S. The minimum atomic E-state index is -3.65. The molecule has 4 rings (SSSR count). The molecule has 1 aromatic heterocycles. The first-order valence-corrected chi connectivity index (χ1v) is 12.5. The van der Waals surface area contributed by atoms with Crippen molar-refractivity contribution in [2.45, 2.75) is 31.4 Å². The zero-order chi connectivity index (χ0) is 24.1. The third-order valence-corrected chi connectivity index (χ3v) is 7.35. The standard InChI is InChI=1S/C24H26FN3O5S/c1-2-10-28-22-8-7-20(34(30,31)27-11-13-32-14-12-27)16-21(22)26-23(28)17-33-24(29)9-6-18-4-3-5-19(25)15-18/h3-9,15-16H,2,10-14,17H2,1H3/b9-6+. The van der Waals surface area contributed by atoms with Crippen LogP contribution in [0.4, 0.5) is 4.39 Å². The lowest BCUT2D eigenvalue weighted by Gasteiger charge is -2.26. The molecule has 0 N–H and O–H groups in total. The van der Waals surface area contributed by atoms with Gasteiger partial charge in [-0.1, -0.05) is 19.1 Å². The van der Waals surface area contributed by atoms with E-state index in [0.29, 0.717) is 49.8 Å². The number of carbonyl (C=O) groups excluding carboxylic acids is 1. The number of rotatable bonds is 8. The van der Waals surface area contributed by atoms with Crippen molar-refractivity contribution < 1.29 is 27.1 Å². The molecule has 0 atom stereocenters. The number of fused-ring (bicyclic) bond motifs is 1. The average molecular weight is 488 g/mol. The van der Waals surface area contributed by atoms with Gasteiger partial charge in [-0.3, -0.25) is 0 Å². The van der Waals surface area contributed by atoms with Gasteiger partial charge in [-0.15, -0.1) is 0 Å². The molecule has 2 heterocycles. The highest BCUT2D eigenvalue weighted by Crippen LogP contribution is 2.24. The molecule has 0 radical (unpaired) electrons. The quantitative estimate of drug-likeness (QED) is 0.358. The molecule has 34 heavy (non-hydrogen) atoms. The van der Waals surface area contributed by atoms with Gasteiger partial charge in [0.15, 0.2) is 0 Å². The van der Waals surface area contributed by atoms with E-state index in [1.165, 1.54) is 28.6 Å². The Balaban J connectivity index is 1.53. The van der Waals surface area contributed by atoms with Crippen LogP contribution in [0.25, 0.3) is 17.1 Å². The molecule has 0 amide bonds. The lowest BCUT2D eigenvalue weighted by atomic mass is 10.2. The first-order valence-electron chi connectivity index (χ1n) is 11.1. The summed E-state index contributed by atoms with van der Waals surface area (Å²) < 4.78 is 53.2. The van der Waals surface area contributed by atoms with E-state index in [1.54, 1.807) is 30.3 Å². The number of imidazole rings is 1. The number of aryl methyl sites for hydroxylation is 1. The van der Waals surface area contributed by atoms with Gasteiger partial charge in [0, 0.05) is 25.7 Å². The van der Waals surface area contributed by atoms with E-state index < -0.39 is 16.0 Å². The summed E-state index contributed by atoms with van der Waals surface area (Å²) in [6.07, 6.45) is 3.53. The van der Waals surface area contributed by atoms with Crippen molar-refractivity contribution in [2.24, 2.45) is 0 Å². The van der Waals surface area contributed by atoms with Gasteiger partial charge in [-0.05, 0) is 48.4 Å². The van der Waals surface area contributed by atoms with Crippen molar-refractivity contribution in [3.8, 4) is 0 Å². The van der Waals surface area contributed by atoms with Crippen LogP contribution in [-0.2, 0) is 37.4 Å². The third kappa shape index (κ3) is 5.35. The Morgan fingerprint density at radius 2 is 2.00 bits per heavy atom. The lowest BCUT2D eigenvalue weighted by molar-refractivity contribution is -0.139. The van der Waals surface area contributed by atoms with Gasteiger partial charge in [0.05, 0.1) is 29.1 Å². The van der Waals surface area contributed by atoms with Gasteiger partial charge in [-0.2, -0.15) is 4.31 Å². The van der Waals surface area contributed by atoms with Gasteiger partial charge >= 0.3 is 5.97 Å². The van der Waals surface area contributed by atoms with Crippen LogP contribution < -0.4 is 0 Å². The van der Waals surface area contributed by atoms with Crippen molar-refractivity contribution in [1.29, 1.82) is 0 Å². The number of benzene rings is 2. The molecule has 1 aliphatic heterocycles. The number of aromatic nitrogens is 2. The van der Waals surface area contributed by atoms with E-state index in [1.807, 2.05) is 11.5 Å². The first kappa shape index (κ1) is 24.1. The van der Waals surface area contributed by atoms with Crippen molar-refractivity contribution in [3.05, 3.63) is 65.7 Å². The molecule has 0 unspecified atom stereocenters. The normalized spacial score (nSPS) is 15.2. The van der Waals surface area contributed by atoms with E-state index in [9.17, 15) is 17.6 Å². The fourth-order valence-electron chi connectivity index (χ4n) is 3.80. The monoisotopic (exact) mass is 487 g/mol. The molecule has 0 aliphatic carbocycles.